The van der Waals surface area contributed by atoms with Gasteiger partial charge in [0.25, 0.3) is 0 Å². The zero-order valence-electron chi connectivity index (χ0n) is 23.6. The topological polar surface area (TPSA) is 91.0 Å². The lowest BCUT2D eigenvalue weighted by Crippen LogP contribution is -2.38. The van der Waals surface area contributed by atoms with E-state index in [1.54, 1.807) is 12.4 Å². The predicted octanol–water partition coefficient (Wildman–Crippen LogP) is 6.20. The quantitative estimate of drug-likeness (QED) is 0.248. The molecule has 9 nitrogen and oxygen atoms in total. The number of rotatable bonds is 6. The van der Waals surface area contributed by atoms with Crippen LogP contribution < -0.4 is 4.74 Å². The zero-order valence-corrected chi connectivity index (χ0v) is 23.6. The van der Waals surface area contributed by atoms with Crippen LogP contribution in [-0.4, -0.2) is 52.8 Å². The smallest absolute Gasteiger partial charge is 0.451 e. The highest BCUT2D eigenvalue weighted by molar-refractivity contribution is 6.02. The number of hydrogen-bond acceptors (Lipinski definition) is 6. The molecule has 1 aliphatic heterocycles. The van der Waals surface area contributed by atoms with Crippen molar-refractivity contribution in [3.63, 3.8) is 0 Å². The van der Waals surface area contributed by atoms with E-state index in [0.29, 0.717) is 5.88 Å². The van der Waals surface area contributed by atoms with Crippen LogP contribution >= 0.6 is 0 Å². The van der Waals surface area contributed by atoms with Gasteiger partial charge in [0.05, 0.1) is 17.6 Å². The Morgan fingerprint density at radius 2 is 1.70 bits per heavy atom. The average Bonchev–Trinajstić information content (AvgIpc) is 3.82. The van der Waals surface area contributed by atoms with Gasteiger partial charge in [-0.2, -0.15) is 13.2 Å². The Morgan fingerprint density at radius 3 is 2.44 bits per heavy atom. The van der Waals surface area contributed by atoms with Gasteiger partial charge in [0.2, 0.25) is 17.6 Å². The van der Waals surface area contributed by atoms with Crippen LogP contribution in [0.3, 0.4) is 0 Å². The Balaban J connectivity index is 1.31. The first-order valence-corrected chi connectivity index (χ1v) is 15.0. The molecule has 4 aromatic rings. The molecule has 2 saturated carbocycles. The molecule has 1 amide bonds. The highest BCUT2D eigenvalue weighted by Gasteiger charge is 2.40. The molecule has 0 spiro atoms. The summed E-state index contributed by atoms with van der Waals surface area (Å²) >= 11 is 0. The first kappa shape index (κ1) is 27.6. The molecule has 3 aliphatic rings. The predicted molar refractivity (Wildman–Crippen MR) is 153 cm³/mol. The fraction of sp³-hybridized carbons (Fsp3) is 0.452. The molecule has 0 bridgehead atoms. The van der Waals surface area contributed by atoms with Gasteiger partial charge in [0, 0.05) is 30.8 Å². The molecule has 4 heterocycles. The Kier molecular flexibility index (Phi) is 7.14. The van der Waals surface area contributed by atoms with Crippen molar-refractivity contribution in [3.8, 4) is 17.1 Å². The Morgan fingerprint density at radius 1 is 0.953 bits per heavy atom. The Labute approximate surface area is 246 Å². The fourth-order valence-corrected chi connectivity index (χ4v) is 6.77. The lowest BCUT2D eigenvalue weighted by atomic mass is 10.0. The number of carbonyl (C=O) groups excluding carboxylic acids is 1. The summed E-state index contributed by atoms with van der Waals surface area (Å²) < 4.78 is 49.8. The van der Waals surface area contributed by atoms with Crippen LogP contribution in [-0.2, 0) is 24.1 Å². The number of amides is 1. The standard InChI is InChI=1S/C31H32F3N7O2/c32-31(33,34)30-38-37-24-18-39(16-17-40(24)30)25(42)15-14-23-26-28(35-19-36-29(26)43-22-12-6-7-13-22)41(21-10-4-5-11-21)27(23)20-8-2-1-3-9-20/h1-3,8-9,14-15,19,21-22H,4-7,10-13,16-18H2/b15-14+. The van der Waals surface area contributed by atoms with Crippen LogP contribution in [0.4, 0.5) is 13.2 Å². The molecule has 12 heteroatoms. The van der Waals surface area contributed by atoms with Crippen molar-refractivity contribution in [2.45, 2.75) is 82.8 Å². The van der Waals surface area contributed by atoms with Crippen molar-refractivity contribution in [1.29, 1.82) is 0 Å². The molecular formula is C31H32F3N7O2. The molecular weight excluding hydrogens is 559 g/mol. The monoisotopic (exact) mass is 591 g/mol. The molecule has 0 N–H and O–H groups in total. The minimum atomic E-state index is -4.60. The third-order valence-electron chi connectivity index (χ3n) is 8.81. The van der Waals surface area contributed by atoms with Crippen molar-refractivity contribution >= 4 is 23.0 Å². The highest BCUT2D eigenvalue weighted by atomic mass is 19.4. The van der Waals surface area contributed by atoms with Crippen molar-refractivity contribution in [3.05, 3.63) is 59.9 Å². The average molecular weight is 592 g/mol. The summed E-state index contributed by atoms with van der Waals surface area (Å²) in [6.07, 6.45) is 8.84. The first-order valence-electron chi connectivity index (χ1n) is 15.0. The summed E-state index contributed by atoms with van der Waals surface area (Å²) in [4.78, 5) is 24.3. The van der Waals surface area contributed by atoms with E-state index in [2.05, 4.69) is 31.9 Å². The number of nitrogens with zero attached hydrogens (tertiary/aromatic N) is 7. The number of carbonyl (C=O) groups is 1. The lowest BCUT2D eigenvalue weighted by molar-refractivity contribution is -0.148. The molecule has 43 heavy (non-hydrogen) atoms. The molecule has 0 saturated heterocycles. The molecule has 0 atom stereocenters. The summed E-state index contributed by atoms with van der Waals surface area (Å²) in [7, 11) is 0. The van der Waals surface area contributed by atoms with E-state index < -0.39 is 12.0 Å². The number of fused-ring (bicyclic) bond motifs is 2. The molecule has 0 radical (unpaired) electrons. The molecule has 2 fully saturated rings. The van der Waals surface area contributed by atoms with Crippen LogP contribution in [0.5, 0.6) is 5.88 Å². The Bertz CT molecular complexity index is 1670. The lowest BCUT2D eigenvalue weighted by Gasteiger charge is -2.27. The molecule has 224 valence electrons. The van der Waals surface area contributed by atoms with Crippen LogP contribution in [0.25, 0.3) is 28.4 Å². The van der Waals surface area contributed by atoms with Gasteiger partial charge in [-0.05, 0) is 50.2 Å². The summed E-state index contributed by atoms with van der Waals surface area (Å²) in [5.74, 6) is -0.724. The molecule has 3 aromatic heterocycles. The second kappa shape index (κ2) is 11.1. The number of ether oxygens (including phenoxy) is 1. The number of hydrogen-bond donors (Lipinski definition) is 0. The van der Waals surface area contributed by atoms with Gasteiger partial charge in [-0.25, -0.2) is 9.97 Å². The highest BCUT2D eigenvalue weighted by Crippen LogP contribution is 2.44. The third-order valence-corrected chi connectivity index (χ3v) is 8.81. The van der Waals surface area contributed by atoms with Crippen LogP contribution in [0.15, 0.2) is 42.7 Å². The van der Waals surface area contributed by atoms with E-state index in [4.69, 9.17) is 9.72 Å². The van der Waals surface area contributed by atoms with E-state index in [0.717, 1.165) is 83.8 Å². The zero-order chi connectivity index (χ0) is 29.6. The van der Waals surface area contributed by atoms with Gasteiger partial charge < -0.3 is 18.8 Å². The Hall–Kier alpha value is -4.22. The van der Waals surface area contributed by atoms with Crippen molar-refractivity contribution in [1.82, 2.24) is 34.2 Å². The third kappa shape index (κ3) is 5.16. The second-order valence-corrected chi connectivity index (χ2v) is 11.5. The SMILES string of the molecule is O=C(/C=C/c1c(-c2ccccc2)n(C2CCCC2)c2ncnc(OC3CCCC3)c12)N1CCn2c(nnc2C(F)(F)F)C1. The number of aromatic nitrogens is 6. The molecule has 2 aliphatic carbocycles. The van der Waals surface area contributed by atoms with Gasteiger partial charge in [-0.1, -0.05) is 43.2 Å². The first-order chi connectivity index (χ1) is 20.9. The largest absolute Gasteiger partial charge is 0.474 e. The summed E-state index contributed by atoms with van der Waals surface area (Å²) in [6, 6.07) is 10.3. The van der Waals surface area contributed by atoms with Crippen molar-refractivity contribution in [2.75, 3.05) is 6.54 Å². The summed E-state index contributed by atoms with van der Waals surface area (Å²) in [5.41, 5.74) is 3.54. The fourth-order valence-electron chi connectivity index (χ4n) is 6.77. The normalized spacial score (nSPS) is 18.3. The van der Waals surface area contributed by atoms with Gasteiger partial charge >= 0.3 is 6.18 Å². The van der Waals surface area contributed by atoms with E-state index in [1.165, 1.54) is 11.0 Å². The van der Waals surface area contributed by atoms with Gasteiger partial charge in [0.15, 0.2) is 5.82 Å². The number of alkyl halides is 3. The maximum absolute atomic E-state index is 13.5. The maximum atomic E-state index is 13.5. The van der Waals surface area contributed by atoms with Crippen LogP contribution in [0.1, 0.15) is 74.6 Å². The molecule has 0 unspecified atom stereocenters. The van der Waals surface area contributed by atoms with E-state index >= 15 is 0 Å². The van der Waals surface area contributed by atoms with Crippen LogP contribution in [0, 0.1) is 0 Å². The van der Waals surface area contributed by atoms with Crippen molar-refractivity contribution < 1.29 is 22.7 Å². The van der Waals surface area contributed by atoms with Crippen molar-refractivity contribution in [2.24, 2.45) is 0 Å². The van der Waals surface area contributed by atoms with E-state index in [9.17, 15) is 18.0 Å². The molecule has 7 rings (SSSR count). The maximum Gasteiger partial charge on any atom is 0.451 e. The molecule has 1 aromatic carbocycles. The van der Waals surface area contributed by atoms with E-state index in [1.807, 2.05) is 18.2 Å². The van der Waals surface area contributed by atoms with Gasteiger partial charge in [0.1, 0.15) is 18.1 Å². The van der Waals surface area contributed by atoms with Gasteiger partial charge in [-0.3, -0.25) is 4.79 Å². The summed E-state index contributed by atoms with van der Waals surface area (Å²) in [5, 5.41) is 7.82. The second-order valence-electron chi connectivity index (χ2n) is 11.5. The number of benzene rings is 1. The van der Waals surface area contributed by atoms with Gasteiger partial charge in [-0.15, -0.1) is 10.2 Å². The minimum Gasteiger partial charge on any atom is -0.474 e. The van der Waals surface area contributed by atoms with Crippen LogP contribution in [0.2, 0.25) is 0 Å². The van der Waals surface area contributed by atoms with E-state index in [-0.39, 0.29) is 43.5 Å². The number of halogens is 3. The summed E-state index contributed by atoms with van der Waals surface area (Å²) in [6.45, 7) is 0.0346. The minimum absolute atomic E-state index is 0.0276.